The zero-order valence-electron chi connectivity index (χ0n) is 19.9. The van der Waals surface area contributed by atoms with E-state index >= 15 is 0 Å². The van der Waals surface area contributed by atoms with Crippen LogP contribution in [0.2, 0.25) is 64.5 Å². The van der Waals surface area contributed by atoms with Gasteiger partial charge in [-0.15, -0.1) is 0 Å². The lowest BCUT2D eigenvalue weighted by molar-refractivity contribution is 0.314. The molecule has 1 aromatic carbocycles. The fraction of sp³-hybridized carbons (Fsp3) is 0.714. The lowest BCUT2D eigenvalue weighted by Crippen LogP contribution is -2.58. The third kappa shape index (κ3) is 11.2. The molecule has 1 rings (SSSR count). The van der Waals surface area contributed by atoms with Gasteiger partial charge in [-0.3, -0.25) is 0 Å². The second kappa shape index (κ2) is 10.8. The number of unbranched alkanes of at least 4 members (excludes halogenated alkanes) is 1. The van der Waals surface area contributed by atoms with E-state index in [1.54, 1.807) is 0 Å². The summed E-state index contributed by atoms with van der Waals surface area (Å²) in [5, 5.41) is 0. The van der Waals surface area contributed by atoms with Crippen LogP contribution in [0.15, 0.2) is 30.3 Å². The van der Waals surface area contributed by atoms with Gasteiger partial charge < -0.3 is 12.3 Å². The number of rotatable bonds is 13. The molecule has 0 bridgehead atoms. The van der Waals surface area contributed by atoms with Crippen LogP contribution in [0.3, 0.4) is 0 Å². The molecule has 0 amide bonds. The molecule has 1 aromatic rings. The van der Waals surface area contributed by atoms with E-state index in [9.17, 15) is 0 Å². The Hall–Kier alpha value is -0.0325. The van der Waals surface area contributed by atoms with E-state index in [1.807, 2.05) is 0 Å². The van der Waals surface area contributed by atoms with Crippen LogP contribution >= 0.6 is 0 Å². The molecule has 0 saturated heterocycles. The number of aryl methyl sites for hydroxylation is 1. The second-order valence-electron chi connectivity index (χ2n) is 10.2. The van der Waals surface area contributed by atoms with Crippen molar-refractivity contribution in [3.63, 3.8) is 0 Å². The van der Waals surface area contributed by atoms with Crippen molar-refractivity contribution in [2.45, 2.75) is 97.1 Å². The van der Waals surface area contributed by atoms with Crippen molar-refractivity contribution in [2.75, 3.05) is 0 Å². The van der Waals surface area contributed by atoms with Gasteiger partial charge in [-0.25, -0.2) is 0 Å². The van der Waals surface area contributed by atoms with Gasteiger partial charge in [-0.1, -0.05) is 50.1 Å². The van der Waals surface area contributed by atoms with Crippen molar-refractivity contribution < 1.29 is 12.3 Å². The Morgan fingerprint density at radius 1 is 0.643 bits per heavy atom. The highest BCUT2D eigenvalue weighted by molar-refractivity contribution is 6.89. The highest BCUT2D eigenvalue weighted by Crippen LogP contribution is 2.31. The fourth-order valence-electron chi connectivity index (χ4n) is 3.75. The van der Waals surface area contributed by atoms with Crippen molar-refractivity contribution in [3.05, 3.63) is 35.9 Å². The quantitative estimate of drug-likeness (QED) is 0.292. The average Bonchev–Trinajstić information content (AvgIpc) is 2.50. The summed E-state index contributed by atoms with van der Waals surface area (Å²) in [5.41, 5.74) is 1.40. The molecular formula is C21H44O3Si4. The molecule has 28 heavy (non-hydrogen) atoms. The van der Waals surface area contributed by atoms with Gasteiger partial charge in [0.25, 0.3) is 0 Å². The summed E-state index contributed by atoms with van der Waals surface area (Å²) < 4.78 is 20.5. The summed E-state index contributed by atoms with van der Waals surface area (Å²) in [5.74, 6) is 0. The predicted octanol–water partition coefficient (Wildman–Crippen LogP) is 7.28. The van der Waals surface area contributed by atoms with Crippen molar-refractivity contribution in [1.29, 1.82) is 0 Å². The molecule has 0 heterocycles. The Morgan fingerprint density at radius 2 is 1.11 bits per heavy atom. The molecule has 0 aliphatic heterocycles. The fourth-order valence-corrected chi connectivity index (χ4v) is 22.3. The maximum atomic E-state index is 7.02. The molecule has 3 nitrogen and oxygen atoms in total. The lowest BCUT2D eigenvalue weighted by atomic mass is 10.1. The van der Waals surface area contributed by atoms with Gasteiger partial charge in [0.05, 0.1) is 0 Å². The molecule has 2 atom stereocenters. The van der Waals surface area contributed by atoms with E-state index in [2.05, 4.69) is 89.6 Å². The second-order valence-corrected chi connectivity index (χ2v) is 26.7. The third-order valence-electron chi connectivity index (χ3n) is 4.40. The molecule has 0 aromatic heterocycles. The highest BCUT2D eigenvalue weighted by atomic mass is 28.5. The first-order valence-electron chi connectivity index (χ1n) is 10.9. The molecule has 7 heteroatoms. The van der Waals surface area contributed by atoms with Crippen molar-refractivity contribution in [2.24, 2.45) is 0 Å². The van der Waals surface area contributed by atoms with Crippen LogP contribution in [0.25, 0.3) is 0 Å². The minimum atomic E-state index is -2.30. The zero-order valence-corrected chi connectivity index (χ0v) is 23.9. The van der Waals surface area contributed by atoms with Crippen molar-refractivity contribution >= 4 is 33.8 Å². The molecule has 0 N–H and O–H groups in total. The Bertz CT molecular complexity index is 571. The zero-order chi connectivity index (χ0) is 21.5. The third-order valence-corrected chi connectivity index (χ3v) is 18.7. The van der Waals surface area contributed by atoms with Gasteiger partial charge >= 0.3 is 17.1 Å². The predicted molar refractivity (Wildman–Crippen MR) is 132 cm³/mol. The van der Waals surface area contributed by atoms with Crippen LogP contribution in [0.4, 0.5) is 0 Å². The summed E-state index contributed by atoms with van der Waals surface area (Å²) in [4.78, 5) is 0. The highest BCUT2D eigenvalue weighted by Gasteiger charge is 2.46. The van der Waals surface area contributed by atoms with E-state index in [1.165, 1.54) is 18.4 Å². The van der Waals surface area contributed by atoms with Gasteiger partial charge in [0.2, 0.25) is 0 Å². The largest absolute Gasteiger partial charge is 0.437 e. The summed E-state index contributed by atoms with van der Waals surface area (Å²) >= 11 is 0. The minimum Gasteiger partial charge on any atom is -0.437 e. The van der Waals surface area contributed by atoms with Gasteiger partial charge in [-0.05, 0) is 82.9 Å². The van der Waals surface area contributed by atoms with Gasteiger partial charge in [0.1, 0.15) is 0 Å². The molecule has 162 valence electrons. The number of hydrogen-bond donors (Lipinski definition) is 0. The van der Waals surface area contributed by atoms with Crippen molar-refractivity contribution in [1.82, 2.24) is 0 Å². The summed E-state index contributed by atoms with van der Waals surface area (Å²) in [6.07, 6.45) is 4.56. The number of benzene rings is 1. The summed E-state index contributed by atoms with van der Waals surface area (Å²) in [6.45, 7) is 20.5. The van der Waals surface area contributed by atoms with Crippen LogP contribution in [0.5, 0.6) is 0 Å². The molecule has 2 unspecified atom stereocenters. The first kappa shape index (κ1) is 26.0. The number of hydrogen-bond acceptors (Lipinski definition) is 3. The smallest absolute Gasteiger partial charge is 0.315 e. The SMILES string of the molecule is CCCC[Si](C)(O[Si](C)(C)C)O[Si](C)(CCCc1ccccc1)O[Si](C)(C)C. The van der Waals surface area contributed by atoms with Crippen LogP contribution in [0.1, 0.15) is 31.7 Å². The molecular weight excluding hydrogens is 413 g/mol. The Morgan fingerprint density at radius 3 is 1.54 bits per heavy atom. The summed E-state index contributed by atoms with van der Waals surface area (Å²) in [6, 6.07) is 12.9. The van der Waals surface area contributed by atoms with Crippen molar-refractivity contribution in [3.8, 4) is 0 Å². The molecule has 0 spiro atoms. The van der Waals surface area contributed by atoms with E-state index in [0.717, 1.165) is 24.9 Å². The Balaban J connectivity index is 2.94. The standard InChI is InChI=1S/C21H44O3Si4/c1-10-11-19-27(8,22-25(2,3)4)24-28(9,23-26(5,6)7)20-15-18-21-16-13-12-14-17-21/h12-14,16-17H,10-11,15,18-20H2,1-9H3. The van der Waals surface area contributed by atoms with Crippen LogP contribution in [0, 0.1) is 0 Å². The van der Waals surface area contributed by atoms with Crippen LogP contribution in [-0.2, 0) is 18.8 Å². The van der Waals surface area contributed by atoms with Crippen LogP contribution in [-0.4, -0.2) is 33.8 Å². The van der Waals surface area contributed by atoms with Gasteiger partial charge in [-0.2, -0.15) is 0 Å². The maximum Gasteiger partial charge on any atom is 0.315 e. The van der Waals surface area contributed by atoms with E-state index in [-0.39, 0.29) is 0 Å². The molecule has 0 aliphatic rings. The molecule has 0 aliphatic carbocycles. The first-order chi connectivity index (χ1) is 12.8. The molecule has 0 fully saturated rings. The monoisotopic (exact) mass is 456 g/mol. The van der Waals surface area contributed by atoms with Crippen LogP contribution < -0.4 is 0 Å². The van der Waals surface area contributed by atoms with Gasteiger partial charge in [0, 0.05) is 0 Å². The molecule has 0 radical (unpaired) electrons. The topological polar surface area (TPSA) is 27.7 Å². The Kier molecular flexibility index (Phi) is 10.1. The van der Waals surface area contributed by atoms with E-state index in [0.29, 0.717) is 0 Å². The van der Waals surface area contributed by atoms with E-state index < -0.39 is 33.8 Å². The average molecular weight is 457 g/mol. The normalized spacial score (nSPS) is 17.2. The lowest BCUT2D eigenvalue weighted by Gasteiger charge is -2.43. The maximum absolute atomic E-state index is 7.02. The minimum absolute atomic E-state index is 1.04. The Labute approximate surface area is 179 Å². The summed E-state index contributed by atoms with van der Waals surface area (Å²) in [7, 11) is -7.92. The van der Waals surface area contributed by atoms with Gasteiger partial charge in [0.15, 0.2) is 16.6 Å². The molecule has 0 saturated carbocycles. The van der Waals surface area contributed by atoms with E-state index in [4.69, 9.17) is 12.3 Å². The first-order valence-corrected chi connectivity index (χ1v) is 22.8.